The largest absolute Gasteiger partial charge is 0.493 e. The lowest BCUT2D eigenvalue weighted by molar-refractivity contribution is 0.175. The Kier molecular flexibility index (Phi) is 2.58. The molecule has 2 aliphatic rings. The molecule has 1 aromatic carbocycles. The van der Waals surface area contributed by atoms with Crippen LogP contribution in [0.3, 0.4) is 0 Å². The fourth-order valence-electron chi connectivity index (χ4n) is 2.55. The van der Waals surface area contributed by atoms with Crippen LogP contribution in [-0.2, 0) is 13.0 Å². The van der Waals surface area contributed by atoms with Gasteiger partial charge in [-0.05, 0) is 23.6 Å². The summed E-state index contributed by atoms with van der Waals surface area (Å²) < 4.78 is 5.49. The summed E-state index contributed by atoms with van der Waals surface area (Å²) in [6.07, 6.45) is 1.82. The van der Waals surface area contributed by atoms with E-state index in [4.69, 9.17) is 4.74 Å². The molecule has 1 N–H and O–H groups in total. The first kappa shape index (κ1) is 10.1. The Morgan fingerprint density at radius 1 is 1.44 bits per heavy atom. The van der Waals surface area contributed by atoms with Crippen LogP contribution in [0, 0.1) is 0 Å². The van der Waals surface area contributed by atoms with Gasteiger partial charge < -0.3 is 9.84 Å². The van der Waals surface area contributed by atoms with Gasteiger partial charge in [-0.15, -0.1) is 0 Å². The maximum Gasteiger partial charge on any atom is 0.122 e. The number of ether oxygens (including phenoxy) is 1. The first-order valence-corrected chi connectivity index (χ1v) is 5.96. The van der Waals surface area contributed by atoms with E-state index in [2.05, 4.69) is 23.1 Å². The third kappa shape index (κ3) is 1.93. The van der Waals surface area contributed by atoms with E-state index in [9.17, 15) is 5.11 Å². The Morgan fingerprint density at radius 2 is 2.38 bits per heavy atom. The minimum Gasteiger partial charge on any atom is -0.493 e. The van der Waals surface area contributed by atoms with Gasteiger partial charge >= 0.3 is 0 Å². The van der Waals surface area contributed by atoms with Crippen molar-refractivity contribution < 1.29 is 9.84 Å². The summed E-state index contributed by atoms with van der Waals surface area (Å²) in [6.45, 7) is 3.59. The smallest absolute Gasteiger partial charge is 0.122 e. The second kappa shape index (κ2) is 4.07. The van der Waals surface area contributed by atoms with E-state index in [1.165, 1.54) is 11.1 Å². The van der Waals surface area contributed by atoms with Crippen LogP contribution in [0.4, 0.5) is 0 Å². The fourth-order valence-corrected chi connectivity index (χ4v) is 2.55. The minimum absolute atomic E-state index is 0.127. The summed E-state index contributed by atoms with van der Waals surface area (Å²) in [6, 6.07) is 6.45. The summed E-state index contributed by atoms with van der Waals surface area (Å²) >= 11 is 0. The number of nitrogens with zero attached hydrogens (tertiary/aromatic N) is 1. The molecule has 0 saturated carbocycles. The number of aliphatic hydroxyl groups is 1. The number of hydrogen-bond donors (Lipinski definition) is 1. The summed E-state index contributed by atoms with van der Waals surface area (Å²) in [7, 11) is 0. The number of fused-ring (bicyclic) bond motifs is 1. The average molecular weight is 219 g/mol. The molecule has 0 aliphatic carbocycles. The van der Waals surface area contributed by atoms with Crippen molar-refractivity contribution in [1.82, 2.24) is 4.90 Å². The van der Waals surface area contributed by atoms with Crippen molar-refractivity contribution in [3.8, 4) is 5.75 Å². The van der Waals surface area contributed by atoms with Gasteiger partial charge in [0.1, 0.15) is 5.75 Å². The first-order valence-electron chi connectivity index (χ1n) is 5.96. The Morgan fingerprint density at radius 3 is 3.19 bits per heavy atom. The molecule has 1 aromatic rings. The summed E-state index contributed by atoms with van der Waals surface area (Å²) in [4.78, 5) is 2.31. The number of hydrogen-bond acceptors (Lipinski definition) is 3. The molecule has 2 heterocycles. The number of likely N-dealkylation sites (tertiary alicyclic amines) is 1. The van der Waals surface area contributed by atoms with Crippen LogP contribution in [0.5, 0.6) is 5.75 Å². The minimum atomic E-state index is -0.127. The van der Waals surface area contributed by atoms with Gasteiger partial charge in [0, 0.05) is 26.1 Å². The maximum atomic E-state index is 9.47. The highest BCUT2D eigenvalue weighted by Gasteiger charge is 2.20. The van der Waals surface area contributed by atoms with Crippen LogP contribution in [0.1, 0.15) is 17.5 Å². The molecule has 1 fully saturated rings. The predicted molar refractivity (Wildman–Crippen MR) is 61.5 cm³/mol. The maximum absolute atomic E-state index is 9.47. The van der Waals surface area contributed by atoms with E-state index < -0.39 is 0 Å². The van der Waals surface area contributed by atoms with Gasteiger partial charge in [-0.3, -0.25) is 4.90 Å². The Bertz CT molecular complexity index is 392. The van der Waals surface area contributed by atoms with Gasteiger partial charge in [0.25, 0.3) is 0 Å². The highest BCUT2D eigenvalue weighted by atomic mass is 16.5. The Labute approximate surface area is 95.6 Å². The Balaban J connectivity index is 1.71. The lowest BCUT2D eigenvalue weighted by atomic mass is 10.1. The number of aliphatic hydroxyl groups excluding tert-OH is 1. The molecule has 0 radical (unpaired) electrons. The fraction of sp³-hybridized carbons (Fsp3) is 0.538. The quantitative estimate of drug-likeness (QED) is 0.811. The zero-order valence-electron chi connectivity index (χ0n) is 9.35. The third-order valence-electron chi connectivity index (χ3n) is 3.41. The number of benzene rings is 1. The SMILES string of the molecule is O[C@H]1CCN(Cc2ccc3c(c2)CCO3)C1. The van der Waals surface area contributed by atoms with Gasteiger partial charge in [-0.25, -0.2) is 0 Å². The average Bonchev–Trinajstić information content (AvgIpc) is 2.87. The van der Waals surface area contributed by atoms with E-state index in [0.29, 0.717) is 0 Å². The molecule has 3 nitrogen and oxygen atoms in total. The molecule has 0 bridgehead atoms. The van der Waals surface area contributed by atoms with Gasteiger partial charge in [-0.2, -0.15) is 0 Å². The summed E-state index contributed by atoms with van der Waals surface area (Å²) in [5.41, 5.74) is 2.66. The van der Waals surface area contributed by atoms with E-state index >= 15 is 0 Å². The molecule has 3 rings (SSSR count). The molecule has 3 heteroatoms. The monoisotopic (exact) mass is 219 g/mol. The van der Waals surface area contributed by atoms with Crippen LogP contribution in [0.2, 0.25) is 0 Å². The molecular weight excluding hydrogens is 202 g/mol. The second-order valence-corrected chi connectivity index (χ2v) is 4.72. The lowest BCUT2D eigenvalue weighted by Crippen LogP contribution is -2.21. The second-order valence-electron chi connectivity index (χ2n) is 4.72. The van der Waals surface area contributed by atoms with E-state index in [1.807, 2.05) is 0 Å². The van der Waals surface area contributed by atoms with Crippen molar-refractivity contribution in [2.24, 2.45) is 0 Å². The van der Waals surface area contributed by atoms with Crippen molar-refractivity contribution in [2.45, 2.75) is 25.5 Å². The van der Waals surface area contributed by atoms with Crippen LogP contribution in [0.15, 0.2) is 18.2 Å². The van der Waals surface area contributed by atoms with Gasteiger partial charge in [0.05, 0.1) is 12.7 Å². The molecular formula is C13H17NO2. The number of β-amino-alcohol motifs (C(OH)–C–C–N with tert-alkyl or cyclic N) is 1. The summed E-state index contributed by atoms with van der Waals surface area (Å²) in [5.74, 6) is 1.05. The van der Waals surface area contributed by atoms with E-state index in [0.717, 1.165) is 44.8 Å². The molecule has 0 aromatic heterocycles. The third-order valence-corrected chi connectivity index (χ3v) is 3.41. The van der Waals surface area contributed by atoms with Crippen LogP contribution in [-0.4, -0.2) is 35.8 Å². The lowest BCUT2D eigenvalue weighted by Gasteiger charge is -2.15. The zero-order valence-corrected chi connectivity index (χ0v) is 9.35. The van der Waals surface area contributed by atoms with Crippen molar-refractivity contribution >= 4 is 0 Å². The highest BCUT2D eigenvalue weighted by molar-refractivity contribution is 5.39. The highest BCUT2D eigenvalue weighted by Crippen LogP contribution is 2.26. The zero-order chi connectivity index (χ0) is 11.0. The first-order chi connectivity index (χ1) is 7.81. The molecule has 86 valence electrons. The van der Waals surface area contributed by atoms with Crippen LogP contribution in [0.25, 0.3) is 0 Å². The molecule has 2 aliphatic heterocycles. The summed E-state index contributed by atoms with van der Waals surface area (Å²) in [5, 5.41) is 9.47. The van der Waals surface area contributed by atoms with Crippen molar-refractivity contribution in [3.63, 3.8) is 0 Å². The predicted octanol–water partition coefficient (Wildman–Crippen LogP) is 1.19. The van der Waals surface area contributed by atoms with Gasteiger partial charge in [0.2, 0.25) is 0 Å². The standard InChI is InChI=1S/C13H17NO2/c15-12-3-5-14(9-12)8-10-1-2-13-11(7-10)4-6-16-13/h1-2,7,12,15H,3-6,8-9H2/t12-/m0/s1. The van der Waals surface area contributed by atoms with Crippen LogP contribution < -0.4 is 4.74 Å². The van der Waals surface area contributed by atoms with Gasteiger partial charge in [0.15, 0.2) is 0 Å². The molecule has 0 unspecified atom stereocenters. The molecule has 0 amide bonds. The van der Waals surface area contributed by atoms with Crippen molar-refractivity contribution in [2.75, 3.05) is 19.7 Å². The molecule has 1 saturated heterocycles. The Hall–Kier alpha value is -1.06. The molecule has 0 spiro atoms. The molecule has 1 atom stereocenters. The molecule has 16 heavy (non-hydrogen) atoms. The number of rotatable bonds is 2. The van der Waals surface area contributed by atoms with Crippen molar-refractivity contribution in [1.29, 1.82) is 0 Å². The normalized spacial score (nSPS) is 24.4. The van der Waals surface area contributed by atoms with Gasteiger partial charge in [-0.1, -0.05) is 12.1 Å². The van der Waals surface area contributed by atoms with E-state index in [1.54, 1.807) is 0 Å². The van der Waals surface area contributed by atoms with E-state index in [-0.39, 0.29) is 6.10 Å². The van der Waals surface area contributed by atoms with Crippen molar-refractivity contribution in [3.05, 3.63) is 29.3 Å². The van der Waals surface area contributed by atoms with Crippen LogP contribution >= 0.6 is 0 Å². The topological polar surface area (TPSA) is 32.7 Å².